The fraction of sp³-hybridized carbons (Fsp3) is 0.0952. The lowest BCUT2D eigenvalue weighted by Gasteiger charge is -2.07. The van der Waals surface area contributed by atoms with E-state index in [1.807, 2.05) is 60.7 Å². The number of para-hydroxylation sites is 2. The molecule has 0 aliphatic heterocycles. The molecule has 0 atom stereocenters. The molecule has 2 amide bonds. The lowest BCUT2D eigenvalue weighted by atomic mass is 10.1. The average molecular weight is 358 g/mol. The minimum absolute atomic E-state index is 0.00846. The van der Waals surface area contributed by atoms with Gasteiger partial charge >= 0.3 is 0 Å². The first-order valence-electron chi connectivity index (χ1n) is 8.39. The number of aromatic nitrogens is 1. The monoisotopic (exact) mass is 358 g/mol. The number of rotatable bonds is 5. The van der Waals surface area contributed by atoms with Crippen molar-refractivity contribution in [1.29, 1.82) is 5.26 Å². The van der Waals surface area contributed by atoms with Crippen LogP contribution in [0.3, 0.4) is 0 Å². The van der Waals surface area contributed by atoms with E-state index in [9.17, 15) is 14.9 Å². The standard InChI is InChI=1S/C21H18N4O2/c1-23-21(27)15(12-22)11-16-13-25(19-10-6-5-9-18(16)19)14-20(26)24-17-7-3-2-4-8-17/h2-11,13H,14H2,1H3,(H,23,27)(H,24,26)/b15-11+. The van der Waals surface area contributed by atoms with Gasteiger partial charge in [0.15, 0.2) is 0 Å². The molecule has 3 rings (SSSR count). The molecule has 0 aliphatic carbocycles. The Morgan fingerprint density at radius 3 is 2.52 bits per heavy atom. The van der Waals surface area contributed by atoms with Gasteiger partial charge in [0.1, 0.15) is 18.2 Å². The number of nitriles is 1. The minimum atomic E-state index is -0.448. The van der Waals surface area contributed by atoms with Crippen LogP contribution in [0.5, 0.6) is 0 Å². The summed E-state index contributed by atoms with van der Waals surface area (Å²) in [6.07, 6.45) is 3.31. The number of fused-ring (bicyclic) bond motifs is 1. The summed E-state index contributed by atoms with van der Waals surface area (Å²) in [5.41, 5.74) is 2.29. The molecule has 6 nitrogen and oxygen atoms in total. The molecule has 0 unspecified atom stereocenters. The van der Waals surface area contributed by atoms with E-state index >= 15 is 0 Å². The van der Waals surface area contributed by atoms with Crippen LogP contribution in [-0.2, 0) is 16.1 Å². The van der Waals surface area contributed by atoms with Crippen molar-refractivity contribution in [2.24, 2.45) is 0 Å². The topological polar surface area (TPSA) is 86.9 Å². The van der Waals surface area contributed by atoms with Crippen LogP contribution in [0.15, 0.2) is 66.4 Å². The Kier molecular flexibility index (Phi) is 5.33. The Balaban J connectivity index is 1.93. The number of likely N-dealkylation sites (N-methyl/N-ethyl adjacent to an activating group) is 1. The normalized spacial score (nSPS) is 11.0. The second kappa shape index (κ2) is 8.02. The molecular formula is C21H18N4O2. The zero-order valence-corrected chi connectivity index (χ0v) is 14.8. The summed E-state index contributed by atoms with van der Waals surface area (Å²) in [5, 5.41) is 15.4. The predicted molar refractivity (Wildman–Crippen MR) is 105 cm³/mol. The van der Waals surface area contributed by atoms with E-state index in [1.54, 1.807) is 10.8 Å². The maximum absolute atomic E-state index is 12.4. The fourth-order valence-electron chi connectivity index (χ4n) is 2.84. The quantitative estimate of drug-likeness (QED) is 0.543. The molecule has 0 bridgehead atoms. The molecule has 0 saturated heterocycles. The Bertz CT molecular complexity index is 1060. The first kappa shape index (κ1) is 18.0. The first-order chi connectivity index (χ1) is 13.1. The number of carbonyl (C=O) groups is 2. The van der Waals surface area contributed by atoms with Crippen LogP contribution >= 0.6 is 0 Å². The summed E-state index contributed by atoms with van der Waals surface area (Å²) in [6, 6.07) is 18.7. The number of carbonyl (C=O) groups excluding carboxylic acids is 2. The molecule has 2 aromatic carbocycles. The zero-order valence-electron chi connectivity index (χ0n) is 14.8. The highest BCUT2D eigenvalue weighted by molar-refractivity contribution is 6.04. The van der Waals surface area contributed by atoms with Crippen LogP contribution in [0.1, 0.15) is 5.56 Å². The predicted octanol–water partition coefficient (Wildman–Crippen LogP) is 2.93. The first-order valence-corrected chi connectivity index (χ1v) is 8.39. The molecular weight excluding hydrogens is 340 g/mol. The van der Waals surface area contributed by atoms with E-state index < -0.39 is 5.91 Å². The van der Waals surface area contributed by atoms with E-state index in [0.29, 0.717) is 5.56 Å². The Morgan fingerprint density at radius 1 is 1.11 bits per heavy atom. The summed E-state index contributed by atoms with van der Waals surface area (Å²) in [4.78, 5) is 24.2. The SMILES string of the molecule is CNC(=O)/C(C#N)=C/c1cn(CC(=O)Nc2ccccc2)c2ccccc12. The second-order valence-electron chi connectivity index (χ2n) is 5.89. The molecule has 27 heavy (non-hydrogen) atoms. The zero-order chi connectivity index (χ0) is 19.2. The Labute approximate surface area is 156 Å². The summed E-state index contributed by atoms with van der Waals surface area (Å²) in [7, 11) is 1.48. The molecule has 0 spiro atoms. The summed E-state index contributed by atoms with van der Waals surface area (Å²) in [5.74, 6) is -0.611. The van der Waals surface area contributed by atoms with E-state index in [2.05, 4.69) is 10.6 Å². The van der Waals surface area contributed by atoms with Crippen LogP contribution < -0.4 is 10.6 Å². The molecule has 1 aromatic heterocycles. The molecule has 6 heteroatoms. The molecule has 2 N–H and O–H groups in total. The summed E-state index contributed by atoms with van der Waals surface area (Å²) in [6.45, 7) is 0.116. The number of benzene rings is 2. The van der Waals surface area contributed by atoms with Gasteiger partial charge in [-0.25, -0.2) is 0 Å². The minimum Gasteiger partial charge on any atom is -0.354 e. The average Bonchev–Trinajstić information content (AvgIpc) is 3.03. The fourth-order valence-corrected chi connectivity index (χ4v) is 2.84. The van der Waals surface area contributed by atoms with Gasteiger partial charge in [-0.1, -0.05) is 36.4 Å². The van der Waals surface area contributed by atoms with Crippen LogP contribution in [0.4, 0.5) is 5.69 Å². The van der Waals surface area contributed by atoms with Gasteiger partial charge in [-0.05, 0) is 24.3 Å². The third kappa shape index (κ3) is 4.05. The summed E-state index contributed by atoms with van der Waals surface area (Å²) >= 11 is 0. The van der Waals surface area contributed by atoms with E-state index in [0.717, 1.165) is 16.6 Å². The number of anilines is 1. The van der Waals surface area contributed by atoms with Gasteiger partial charge in [0.25, 0.3) is 5.91 Å². The van der Waals surface area contributed by atoms with Gasteiger partial charge in [0.2, 0.25) is 5.91 Å². The highest BCUT2D eigenvalue weighted by Crippen LogP contribution is 2.24. The number of nitrogens with one attached hydrogen (secondary N) is 2. The van der Waals surface area contributed by atoms with Gasteiger partial charge in [0.05, 0.1) is 0 Å². The number of hydrogen-bond acceptors (Lipinski definition) is 3. The van der Waals surface area contributed by atoms with Crippen molar-refractivity contribution in [2.75, 3.05) is 12.4 Å². The van der Waals surface area contributed by atoms with Gasteiger partial charge in [-0.15, -0.1) is 0 Å². The van der Waals surface area contributed by atoms with Crippen molar-refractivity contribution in [3.8, 4) is 6.07 Å². The van der Waals surface area contributed by atoms with Gasteiger partial charge in [0, 0.05) is 35.4 Å². The third-order valence-electron chi connectivity index (χ3n) is 4.08. The summed E-state index contributed by atoms with van der Waals surface area (Å²) < 4.78 is 1.80. The highest BCUT2D eigenvalue weighted by atomic mass is 16.2. The van der Waals surface area contributed by atoms with Gasteiger partial charge in [-0.3, -0.25) is 9.59 Å². The van der Waals surface area contributed by atoms with Crippen molar-refractivity contribution in [3.05, 3.63) is 71.9 Å². The number of hydrogen-bond donors (Lipinski definition) is 2. The van der Waals surface area contributed by atoms with Crippen LogP contribution in [0.2, 0.25) is 0 Å². The van der Waals surface area contributed by atoms with Crippen molar-refractivity contribution in [1.82, 2.24) is 9.88 Å². The third-order valence-corrected chi connectivity index (χ3v) is 4.08. The highest BCUT2D eigenvalue weighted by Gasteiger charge is 2.13. The van der Waals surface area contributed by atoms with Crippen molar-refractivity contribution >= 4 is 34.5 Å². The molecule has 0 aliphatic rings. The molecule has 134 valence electrons. The number of nitrogens with zero attached hydrogens (tertiary/aromatic N) is 2. The second-order valence-corrected chi connectivity index (χ2v) is 5.89. The van der Waals surface area contributed by atoms with E-state index in [1.165, 1.54) is 13.1 Å². The smallest absolute Gasteiger partial charge is 0.261 e. The Morgan fingerprint density at radius 2 is 1.81 bits per heavy atom. The van der Waals surface area contributed by atoms with E-state index in [4.69, 9.17) is 0 Å². The number of amides is 2. The van der Waals surface area contributed by atoms with Crippen LogP contribution in [0, 0.1) is 11.3 Å². The molecule has 1 heterocycles. The van der Waals surface area contributed by atoms with Crippen molar-refractivity contribution in [3.63, 3.8) is 0 Å². The molecule has 0 saturated carbocycles. The lowest BCUT2D eigenvalue weighted by molar-refractivity contribution is -0.117. The maximum Gasteiger partial charge on any atom is 0.261 e. The molecule has 3 aromatic rings. The van der Waals surface area contributed by atoms with Crippen LogP contribution in [0.25, 0.3) is 17.0 Å². The van der Waals surface area contributed by atoms with Gasteiger partial charge in [-0.2, -0.15) is 5.26 Å². The van der Waals surface area contributed by atoms with Crippen molar-refractivity contribution in [2.45, 2.75) is 6.54 Å². The van der Waals surface area contributed by atoms with E-state index in [-0.39, 0.29) is 18.0 Å². The van der Waals surface area contributed by atoms with Gasteiger partial charge < -0.3 is 15.2 Å². The molecule has 0 fully saturated rings. The Hall–Kier alpha value is -3.85. The van der Waals surface area contributed by atoms with Crippen LogP contribution in [-0.4, -0.2) is 23.4 Å². The molecule has 0 radical (unpaired) electrons. The maximum atomic E-state index is 12.4. The van der Waals surface area contributed by atoms with Crippen molar-refractivity contribution < 1.29 is 9.59 Å². The lowest BCUT2D eigenvalue weighted by Crippen LogP contribution is -2.19. The largest absolute Gasteiger partial charge is 0.354 e.